The lowest BCUT2D eigenvalue weighted by Crippen LogP contribution is -2.25. The average molecular weight is 627 g/mol. The zero-order valence-corrected chi connectivity index (χ0v) is 22.5. The van der Waals surface area contributed by atoms with E-state index >= 15 is 0 Å². The minimum absolute atomic E-state index is 0.0264. The van der Waals surface area contributed by atoms with Crippen LogP contribution in [0.25, 0.3) is 22.2 Å². The van der Waals surface area contributed by atoms with Crippen molar-refractivity contribution < 1.29 is 18.3 Å². The maximum absolute atomic E-state index is 13.2. The van der Waals surface area contributed by atoms with E-state index in [4.69, 9.17) is 0 Å². The number of unbranched alkanes of at least 4 members (excludes halogenated alkanes) is 3. The molecule has 4 nitrogen and oxygen atoms in total. The second-order valence-corrected chi connectivity index (χ2v) is 9.13. The molecule has 170 valence electrons. The molecule has 1 aliphatic rings. The SMILES string of the molecule is CC.CCCCCC.FC1(F)Oc2ccc(-c3cn(SI)c4ncc(Br)cc34)cc2O1. The van der Waals surface area contributed by atoms with E-state index in [-0.39, 0.29) is 11.5 Å². The van der Waals surface area contributed by atoms with E-state index in [1.54, 1.807) is 18.3 Å². The van der Waals surface area contributed by atoms with E-state index in [0.29, 0.717) is 0 Å². The molecule has 9 heteroatoms. The van der Waals surface area contributed by atoms with Gasteiger partial charge in [-0.3, -0.25) is 3.97 Å². The van der Waals surface area contributed by atoms with Gasteiger partial charge < -0.3 is 9.47 Å². The molecule has 0 amide bonds. The van der Waals surface area contributed by atoms with Crippen LogP contribution in [0.3, 0.4) is 0 Å². The normalized spacial score (nSPS) is 13.3. The Kier molecular flexibility index (Phi) is 10.3. The van der Waals surface area contributed by atoms with Crippen LogP contribution in [-0.2, 0) is 0 Å². The molecule has 4 rings (SSSR count). The van der Waals surface area contributed by atoms with Crippen LogP contribution >= 0.6 is 46.3 Å². The number of pyridine rings is 1. The summed E-state index contributed by atoms with van der Waals surface area (Å²) < 4.78 is 38.1. The van der Waals surface area contributed by atoms with E-state index in [1.165, 1.54) is 40.9 Å². The van der Waals surface area contributed by atoms with Crippen molar-refractivity contribution in [2.75, 3.05) is 0 Å². The van der Waals surface area contributed by atoms with Crippen molar-refractivity contribution in [2.24, 2.45) is 0 Å². The van der Waals surface area contributed by atoms with Gasteiger partial charge in [-0.1, -0.05) is 59.4 Å². The quantitative estimate of drug-likeness (QED) is 0.209. The Labute approximate surface area is 206 Å². The maximum Gasteiger partial charge on any atom is 0.586 e. The average Bonchev–Trinajstić information content (AvgIpc) is 3.28. The standard InChI is InChI=1S/C14H6BrF2IN2O2S.C6H14.C2H6/c15-8-4-9-10(6-20(23-18)13(9)19-5-8)7-1-2-11-12(3-7)22-14(16,17)21-11;1-3-5-6-4-2;1-2/h1-6H;3-6H2,1-2H3;1-2H3. The van der Waals surface area contributed by atoms with Crippen molar-refractivity contribution >= 4 is 57.3 Å². The van der Waals surface area contributed by atoms with Crippen molar-refractivity contribution in [1.29, 1.82) is 0 Å². The maximum atomic E-state index is 13.2. The van der Waals surface area contributed by atoms with E-state index in [1.807, 2.05) is 30.1 Å². The van der Waals surface area contributed by atoms with Gasteiger partial charge in [0.1, 0.15) is 0 Å². The van der Waals surface area contributed by atoms with E-state index in [0.717, 1.165) is 26.6 Å². The van der Waals surface area contributed by atoms with Gasteiger partial charge in [-0.25, -0.2) is 4.98 Å². The molecule has 1 aliphatic heterocycles. The van der Waals surface area contributed by atoms with Crippen molar-refractivity contribution in [3.63, 3.8) is 0 Å². The fourth-order valence-electron chi connectivity index (χ4n) is 2.95. The molecule has 0 fully saturated rings. The molecule has 2 aromatic heterocycles. The predicted molar refractivity (Wildman–Crippen MR) is 137 cm³/mol. The third kappa shape index (κ3) is 6.71. The van der Waals surface area contributed by atoms with E-state index in [9.17, 15) is 8.78 Å². The molecular weight excluding hydrogens is 601 g/mol. The number of rotatable bonds is 5. The van der Waals surface area contributed by atoms with Gasteiger partial charge in [0.25, 0.3) is 0 Å². The Hall–Kier alpha value is -1.07. The van der Waals surface area contributed by atoms with Gasteiger partial charge in [0.15, 0.2) is 17.1 Å². The van der Waals surface area contributed by atoms with Crippen LogP contribution in [0.15, 0.2) is 41.1 Å². The van der Waals surface area contributed by atoms with E-state index < -0.39 is 6.29 Å². The number of hydrogen-bond acceptors (Lipinski definition) is 4. The minimum Gasteiger partial charge on any atom is -0.395 e. The molecule has 0 N–H and O–H groups in total. The van der Waals surface area contributed by atoms with Crippen LogP contribution in [0.5, 0.6) is 11.5 Å². The second kappa shape index (κ2) is 12.2. The topological polar surface area (TPSA) is 36.3 Å². The van der Waals surface area contributed by atoms with Crippen LogP contribution in [0.2, 0.25) is 0 Å². The van der Waals surface area contributed by atoms with Crippen molar-refractivity contribution in [3.05, 3.63) is 41.1 Å². The Morgan fingerprint density at radius 1 is 1.10 bits per heavy atom. The highest BCUT2D eigenvalue weighted by atomic mass is 127. The first kappa shape index (κ1) is 26.2. The molecule has 0 bridgehead atoms. The summed E-state index contributed by atoms with van der Waals surface area (Å²) in [5.74, 6) is 0.0588. The summed E-state index contributed by atoms with van der Waals surface area (Å²) in [6.07, 6.45) is 5.55. The zero-order chi connectivity index (χ0) is 23.0. The summed E-state index contributed by atoms with van der Waals surface area (Å²) in [4.78, 5) is 4.41. The van der Waals surface area contributed by atoms with Gasteiger partial charge in [-0.05, 0) is 39.7 Å². The van der Waals surface area contributed by atoms with Gasteiger partial charge in [-0.2, -0.15) is 0 Å². The van der Waals surface area contributed by atoms with Crippen molar-refractivity contribution in [2.45, 2.75) is 59.7 Å². The molecule has 3 aromatic rings. The van der Waals surface area contributed by atoms with Crippen LogP contribution < -0.4 is 9.47 Å². The highest BCUT2D eigenvalue weighted by Crippen LogP contribution is 2.44. The lowest BCUT2D eigenvalue weighted by Gasteiger charge is -2.04. The number of hydrogen-bond donors (Lipinski definition) is 0. The lowest BCUT2D eigenvalue weighted by molar-refractivity contribution is -0.286. The van der Waals surface area contributed by atoms with E-state index in [2.05, 4.69) is 65.4 Å². The number of ether oxygens (including phenoxy) is 2. The van der Waals surface area contributed by atoms with Crippen LogP contribution in [0.1, 0.15) is 53.4 Å². The molecule has 0 saturated heterocycles. The summed E-state index contributed by atoms with van der Waals surface area (Å²) in [6, 6.07) is 6.70. The molecule has 0 atom stereocenters. The minimum atomic E-state index is -3.61. The smallest absolute Gasteiger partial charge is 0.395 e. The molecule has 0 aliphatic carbocycles. The van der Waals surface area contributed by atoms with Crippen molar-refractivity contribution in [1.82, 2.24) is 8.96 Å². The lowest BCUT2D eigenvalue weighted by atomic mass is 10.1. The van der Waals surface area contributed by atoms with Gasteiger partial charge in [0.2, 0.25) is 0 Å². The Morgan fingerprint density at radius 3 is 2.35 bits per heavy atom. The molecule has 3 heterocycles. The number of fused-ring (bicyclic) bond motifs is 2. The molecule has 0 unspecified atom stereocenters. The first-order chi connectivity index (χ1) is 14.9. The fourth-order valence-corrected chi connectivity index (χ4v) is 4.54. The highest BCUT2D eigenvalue weighted by Gasteiger charge is 2.43. The molecule has 0 radical (unpaired) electrons. The first-order valence-electron chi connectivity index (χ1n) is 10.2. The number of benzene rings is 1. The Bertz CT molecular complexity index is 997. The van der Waals surface area contributed by atoms with Crippen LogP contribution in [0.4, 0.5) is 8.78 Å². The highest BCUT2D eigenvalue weighted by molar-refractivity contribution is 14.2. The summed E-state index contributed by atoms with van der Waals surface area (Å²) in [5, 5.41) is 0.911. The fraction of sp³-hybridized carbons (Fsp3) is 0.409. The number of nitrogens with zero attached hydrogens (tertiary/aromatic N) is 2. The summed E-state index contributed by atoms with van der Waals surface area (Å²) >= 11 is 5.57. The zero-order valence-electron chi connectivity index (χ0n) is 17.9. The second-order valence-electron chi connectivity index (χ2n) is 6.50. The first-order valence-corrected chi connectivity index (χ1v) is 14.4. The third-order valence-electron chi connectivity index (χ3n) is 4.32. The molecule has 1 aromatic carbocycles. The predicted octanol–water partition coefficient (Wildman–Crippen LogP) is 9.25. The monoisotopic (exact) mass is 626 g/mol. The molecule has 0 saturated carbocycles. The molecule has 31 heavy (non-hydrogen) atoms. The number of aromatic nitrogens is 2. The Balaban J connectivity index is 0.000000372. The summed E-state index contributed by atoms with van der Waals surface area (Å²) in [7, 11) is 1.48. The largest absolute Gasteiger partial charge is 0.586 e. The summed E-state index contributed by atoms with van der Waals surface area (Å²) in [6.45, 7) is 8.46. The number of alkyl halides is 2. The van der Waals surface area contributed by atoms with Crippen LogP contribution in [-0.4, -0.2) is 15.3 Å². The Morgan fingerprint density at radius 2 is 1.74 bits per heavy atom. The molecular formula is C22H26BrF2IN2O2S. The third-order valence-corrected chi connectivity index (χ3v) is 6.46. The summed E-state index contributed by atoms with van der Waals surface area (Å²) in [5.41, 5.74) is 2.42. The molecule has 0 spiro atoms. The van der Waals surface area contributed by atoms with Gasteiger partial charge in [0, 0.05) is 58.1 Å². The number of halogens is 4. The van der Waals surface area contributed by atoms with Gasteiger partial charge in [0.05, 0.1) is 0 Å². The van der Waals surface area contributed by atoms with Crippen molar-refractivity contribution in [3.8, 4) is 22.6 Å². The van der Waals surface area contributed by atoms with Gasteiger partial charge in [-0.15, -0.1) is 8.78 Å². The van der Waals surface area contributed by atoms with Gasteiger partial charge >= 0.3 is 6.29 Å². The van der Waals surface area contributed by atoms with Crippen LogP contribution in [0, 0.1) is 0 Å².